The number of benzene rings is 2. The van der Waals surface area contributed by atoms with E-state index in [-0.39, 0.29) is 0 Å². The van der Waals surface area contributed by atoms with Crippen LogP contribution in [0.5, 0.6) is 0 Å². The number of rotatable bonds is 5. The van der Waals surface area contributed by atoms with E-state index in [2.05, 4.69) is 10.2 Å². The van der Waals surface area contributed by atoms with Gasteiger partial charge in [0.05, 0.1) is 4.90 Å². The van der Waals surface area contributed by atoms with Crippen LogP contribution in [0.15, 0.2) is 65.6 Å². The molecule has 2 heterocycles. The highest BCUT2D eigenvalue weighted by Gasteiger charge is 2.16. The van der Waals surface area contributed by atoms with E-state index in [4.69, 9.17) is 9.97 Å². The number of anilines is 3. The predicted octanol–water partition coefficient (Wildman–Crippen LogP) is 4.28. The van der Waals surface area contributed by atoms with E-state index in [1.165, 1.54) is 25.5 Å². The largest absolute Gasteiger partial charge is 0.356 e. The van der Waals surface area contributed by atoms with Gasteiger partial charge in [0.15, 0.2) is 15.7 Å². The minimum Gasteiger partial charge on any atom is -0.356 e. The van der Waals surface area contributed by atoms with Crippen LogP contribution in [0.25, 0.3) is 11.4 Å². The van der Waals surface area contributed by atoms with Gasteiger partial charge in [0.25, 0.3) is 0 Å². The molecule has 0 amide bonds. The van der Waals surface area contributed by atoms with Crippen LogP contribution in [0.3, 0.4) is 0 Å². The van der Waals surface area contributed by atoms with Gasteiger partial charge in [0, 0.05) is 36.7 Å². The van der Waals surface area contributed by atoms with Gasteiger partial charge in [0.2, 0.25) is 0 Å². The molecule has 0 aliphatic carbocycles. The molecule has 150 valence electrons. The first-order chi connectivity index (χ1) is 14.0. The van der Waals surface area contributed by atoms with E-state index in [0.717, 1.165) is 30.2 Å². The Morgan fingerprint density at radius 1 is 0.897 bits per heavy atom. The summed E-state index contributed by atoms with van der Waals surface area (Å²) in [5.41, 5.74) is 1.74. The second-order valence-corrected chi connectivity index (χ2v) is 9.29. The van der Waals surface area contributed by atoms with Gasteiger partial charge in [-0.05, 0) is 43.5 Å². The third-order valence-corrected chi connectivity index (χ3v) is 6.11. The summed E-state index contributed by atoms with van der Waals surface area (Å²) >= 11 is 0. The molecular weight excluding hydrogens is 384 g/mol. The zero-order chi connectivity index (χ0) is 20.3. The average molecular weight is 409 g/mol. The molecule has 1 N–H and O–H groups in total. The Hall–Kier alpha value is -2.93. The van der Waals surface area contributed by atoms with Gasteiger partial charge in [-0.15, -0.1) is 0 Å². The third kappa shape index (κ3) is 4.74. The molecule has 0 spiro atoms. The Balaban J connectivity index is 1.68. The molecule has 3 aromatic rings. The van der Waals surface area contributed by atoms with E-state index in [1.807, 2.05) is 36.4 Å². The SMILES string of the molecule is CS(=O)(=O)c1ccc(Nc2cc(N3CCCCC3)nc(-c3ccccc3)n2)cc1. The van der Waals surface area contributed by atoms with E-state index < -0.39 is 9.84 Å². The predicted molar refractivity (Wildman–Crippen MR) is 116 cm³/mol. The lowest BCUT2D eigenvalue weighted by Crippen LogP contribution is -2.30. The van der Waals surface area contributed by atoms with Crippen molar-refractivity contribution >= 4 is 27.2 Å². The highest BCUT2D eigenvalue weighted by molar-refractivity contribution is 7.90. The quantitative estimate of drug-likeness (QED) is 0.679. The molecule has 1 aliphatic heterocycles. The van der Waals surface area contributed by atoms with Crippen molar-refractivity contribution in [1.82, 2.24) is 9.97 Å². The minimum atomic E-state index is -3.22. The summed E-state index contributed by atoms with van der Waals surface area (Å²) in [5.74, 6) is 2.27. The van der Waals surface area contributed by atoms with Gasteiger partial charge < -0.3 is 10.2 Å². The Morgan fingerprint density at radius 3 is 2.24 bits per heavy atom. The van der Waals surface area contributed by atoms with Gasteiger partial charge in [-0.1, -0.05) is 30.3 Å². The smallest absolute Gasteiger partial charge is 0.175 e. The van der Waals surface area contributed by atoms with Crippen LogP contribution in [0.4, 0.5) is 17.3 Å². The maximum absolute atomic E-state index is 11.7. The second-order valence-electron chi connectivity index (χ2n) is 7.27. The van der Waals surface area contributed by atoms with Crippen molar-refractivity contribution in [1.29, 1.82) is 0 Å². The molecule has 7 heteroatoms. The molecule has 4 rings (SSSR count). The van der Waals surface area contributed by atoms with Crippen LogP contribution in [0.2, 0.25) is 0 Å². The molecule has 0 radical (unpaired) electrons. The van der Waals surface area contributed by atoms with Crippen LogP contribution < -0.4 is 10.2 Å². The van der Waals surface area contributed by atoms with E-state index in [9.17, 15) is 8.42 Å². The molecule has 1 aromatic heterocycles. The molecule has 0 bridgehead atoms. The molecule has 2 aromatic carbocycles. The summed E-state index contributed by atoms with van der Waals surface area (Å²) in [5, 5.41) is 3.30. The van der Waals surface area contributed by atoms with Crippen molar-refractivity contribution in [3.05, 3.63) is 60.7 Å². The summed E-state index contributed by atoms with van der Waals surface area (Å²) < 4.78 is 23.4. The van der Waals surface area contributed by atoms with Crippen LogP contribution in [-0.4, -0.2) is 37.7 Å². The number of piperidine rings is 1. The number of hydrogen-bond donors (Lipinski definition) is 1. The Kier molecular flexibility index (Phi) is 5.49. The molecule has 0 saturated carbocycles. The molecule has 6 nitrogen and oxygen atoms in total. The molecule has 0 unspecified atom stereocenters. The number of nitrogens with zero attached hydrogens (tertiary/aromatic N) is 3. The minimum absolute atomic E-state index is 0.296. The summed E-state index contributed by atoms with van der Waals surface area (Å²) in [7, 11) is -3.22. The summed E-state index contributed by atoms with van der Waals surface area (Å²) in [4.78, 5) is 12.1. The highest BCUT2D eigenvalue weighted by atomic mass is 32.2. The standard InChI is InChI=1S/C22H24N4O2S/c1-29(27,28)19-12-10-18(11-13-19)23-20-16-21(26-14-6-3-7-15-26)25-22(24-20)17-8-4-2-5-9-17/h2,4-5,8-13,16H,3,6-7,14-15H2,1H3,(H,23,24,25). The molecule has 1 fully saturated rings. The van der Waals surface area contributed by atoms with Crippen LogP contribution in [-0.2, 0) is 9.84 Å². The lowest BCUT2D eigenvalue weighted by molar-refractivity contribution is 0.573. The Labute approximate surface area is 171 Å². The van der Waals surface area contributed by atoms with Gasteiger partial charge >= 0.3 is 0 Å². The van der Waals surface area contributed by atoms with Gasteiger partial charge in [-0.3, -0.25) is 0 Å². The first-order valence-corrected chi connectivity index (χ1v) is 11.6. The molecule has 29 heavy (non-hydrogen) atoms. The van der Waals surface area contributed by atoms with Crippen LogP contribution >= 0.6 is 0 Å². The van der Waals surface area contributed by atoms with Crippen molar-refractivity contribution in [2.45, 2.75) is 24.2 Å². The first-order valence-electron chi connectivity index (χ1n) is 9.76. The zero-order valence-corrected chi connectivity index (χ0v) is 17.2. The molecule has 1 saturated heterocycles. The Bertz CT molecular complexity index is 1080. The van der Waals surface area contributed by atoms with Gasteiger partial charge in [-0.2, -0.15) is 0 Å². The topological polar surface area (TPSA) is 75.2 Å². The molecular formula is C22H24N4O2S. The number of hydrogen-bond acceptors (Lipinski definition) is 6. The van der Waals surface area contributed by atoms with Crippen molar-refractivity contribution in [2.24, 2.45) is 0 Å². The van der Waals surface area contributed by atoms with Crippen molar-refractivity contribution in [2.75, 3.05) is 29.6 Å². The van der Waals surface area contributed by atoms with E-state index >= 15 is 0 Å². The van der Waals surface area contributed by atoms with Gasteiger partial charge in [-0.25, -0.2) is 18.4 Å². The second kappa shape index (κ2) is 8.21. The number of aromatic nitrogens is 2. The average Bonchev–Trinajstić information content (AvgIpc) is 2.74. The monoisotopic (exact) mass is 408 g/mol. The number of sulfone groups is 1. The first kappa shape index (κ1) is 19.4. The Morgan fingerprint density at radius 2 is 1.59 bits per heavy atom. The summed E-state index contributed by atoms with van der Waals surface area (Å²) in [6, 6.07) is 18.6. The van der Waals surface area contributed by atoms with Crippen LogP contribution in [0.1, 0.15) is 19.3 Å². The molecule has 1 aliphatic rings. The molecule has 0 atom stereocenters. The highest BCUT2D eigenvalue weighted by Crippen LogP contribution is 2.26. The maximum atomic E-state index is 11.7. The fourth-order valence-corrected chi connectivity index (χ4v) is 4.06. The summed E-state index contributed by atoms with van der Waals surface area (Å²) in [6.07, 6.45) is 4.79. The fraction of sp³-hybridized carbons (Fsp3) is 0.273. The number of nitrogens with one attached hydrogen (secondary N) is 1. The van der Waals surface area contributed by atoms with E-state index in [0.29, 0.717) is 16.5 Å². The van der Waals surface area contributed by atoms with Crippen molar-refractivity contribution < 1.29 is 8.42 Å². The van der Waals surface area contributed by atoms with Crippen molar-refractivity contribution in [3.8, 4) is 11.4 Å². The maximum Gasteiger partial charge on any atom is 0.175 e. The van der Waals surface area contributed by atoms with Crippen molar-refractivity contribution in [3.63, 3.8) is 0 Å². The lowest BCUT2D eigenvalue weighted by atomic mass is 10.1. The van der Waals surface area contributed by atoms with Gasteiger partial charge in [0.1, 0.15) is 11.6 Å². The fourth-order valence-electron chi connectivity index (χ4n) is 3.43. The zero-order valence-electron chi connectivity index (χ0n) is 16.4. The lowest BCUT2D eigenvalue weighted by Gasteiger charge is -2.28. The van der Waals surface area contributed by atoms with E-state index in [1.54, 1.807) is 24.3 Å². The third-order valence-electron chi connectivity index (χ3n) is 4.98. The van der Waals surface area contributed by atoms with Crippen LogP contribution in [0, 0.1) is 0 Å². The summed E-state index contributed by atoms with van der Waals surface area (Å²) in [6.45, 7) is 1.99. The normalized spacial score (nSPS) is 14.6.